The molecule has 10 nitrogen and oxygen atoms in total. The fraction of sp³-hybridized carbons (Fsp3) is 0.0417. The Labute approximate surface area is 200 Å². The van der Waals surface area contributed by atoms with Crippen molar-refractivity contribution in [2.45, 2.75) is 0 Å². The highest BCUT2D eigenvalue weighted by atomic mass is 32.2. The minimum atomic E-state index is -3.67. The molecule has 4 rings (SSSR count). The molecule has 0 unspecified atom stereocenters. The van der Waals surface area contributed by atoms with Crippen molar-refractivity contribution in [2.75, 3.05) is 11.6 Å². The van der Waals surface area contributed by atoms with E-state index < -0.39 is 22.0 Å². The lowest BCUT2D eigenvalue weighted by molar-refractivity contribution is 0.0697. The van der Waals surface area contributed by atoms with Crippen LogP contribution in [0, 0.1) is 5.41 Å². The van der Waals surface area contributed by atoms with Gasteiger partial charge in [0, 0.05) is 22.2 Å². The lowest BCUT2D eigenvalue weighted by atomic mass is 9.94. The number of nitrogens with one attached hydrogen (secondary N) is 2. The maximum atomic E-state index is 13.1. The molecule has 180 valence electrons. The zero-order chi connectivity index (χ0) is 25.8. The van der Waals surface area contributed by atoms with E-state index in [1.54, 1.807) is 60.7 Å². The average Bonchev–Trinajstić information content (AvgIpc) is 3.25. The Bertz CT molecular complexity index is 1520. The molecule has 0 radical (unpaired) electrons. The molecule has 4 aromatic rings. The molecule has 1 heterocycles. The molecule has 35 heavy (non-hydrogen) atoms. The SMILES string of the molecule is CS(=O)(=O)O.N=C(N)c1ccc(NC(=O)c2cc3ccoc3cc2-c2ccccc2C(=O)O)cc1. The van der Waals surface area contributed by atoms with Crippen molar-refractivity contribution in [3.05, 3.63) is 89.7 Å². The molecule has 1 aromatic heterocycles. The third-order valence-electron chi connectivity index (χ3n) is 4.74. The first kappa shape index (κ1) is 25.1. The van der Waals surface area contributed by atoms with Crippen LogP contribution in [0.2, 0.25) is 0 Å². The second kappa shape index (κ2) is 10.2. The summed E-state index contributed by atoms with van der Waals surface area (Å²) in [5.41, 5.74) is 8.35. The van der Waals surface area contributed by atoms with Gasteiger partial charge in [0.15, 0.2) is 0 Å². The minimum absolute atomic E-state index is 0.0640. The number of aromatic carboxylic acids is 1. The normalized spacial score (nSPS) is 10.8. The number of nitrogens with two attached hydrogens (primary N) is 1. The molecule has 0 spiro atoms. The summed E-state index contributed by atoms with van der Waals surface area (Å²) in [7, 11) is -3.67. The van der Waals surface area contributed by atoms with Crippen LogP contribution in [0.4, 0.5) is 5.69 Å². The number of anilines is 1. The van der Waals surface area contributed by atoms with Crippen molar-refractivity contribution < 1.29 is 32.1 Å². The third kappa shape index (κ3) is 6.53. The van der Waals surface area contributed by atoms with Crippen LogP contribution >= 0.6 is 0 Å². The van der Waals surface area contributed by atoms with Gasteiger partial charge in [0.2, 0.25) is 0 Å². The summed E-state index contributed by atoms with van der Waals surface area (Å²) < 4.78 is 31.3. The first-order valence-corrected chi connectivity index (χ1v) is 11.8. The Balaban J connectivity index is 0.000000623. The Kier molecular flexibility index (Phi) is 7.33. The fourth-order valence-corrected chi connectivity index (χ4v) is 3.26. The summed E-state index contributed by atoms with van der Waals surface area (Å²) in [4.78, 5) is 24.8. The van der Waals surface area contributed by atoms with E-state index in [0.717, 1.165) is 5.39 Å². The van der Waals surface area contributed by atoms with E-state index in [1.807, 2.05) is 0 Å². The summed E-state index contributed by atoms with van der Waals surface area (Å²) in [5.74, 6) is -1.55. The number of hydrogen-bond donors (Lipinski definition) is 5. The molecule has 1 amide bonds. The molecule has 0 aliphatic heterocycles. The summed E-state index contributed by atoms with van der Waals surface area (Å²) in [5, 5.41) is 20.6. The topological polar surface area (TPSA) is 184 Å². The Morgan fingerprint density at radius 3 is 2.20 bits per heavy atom. The van der Waals surface area contributed by atoms with Gasteiger partial charge in [0.25, 0.3) is 16.0 Å². The van der Waals surface area contributed by atoms with E-state index in [1.165, 1.54) is 12.3 Å². The number of amidine groups is 1. The average molecular weight is 496 g/mol. The van der Waals surface area contributed by atoms with Gasteiger partial charge >= 0.3 is 5.97 Å². The molecule has 11 heteroatoms. The number of rotatable bonds is 5. The molecule has 0 aliphatic carbocycles. The number of nitrogen functional groups attached to an aromatic ring is 1. The number of carbonyl (C=O) groups is 2. The number of carbonyl (C=O) groups excluding carboxylic acids is 1. The van der Waals surface area contributed by atoms with Crippen LogP contribution in [0.15, 0.2) is 77.4 Å². The number of fused-ring (bicyclic) bond motifs is 1. The minimum Gasteiger partial charge on any atom is -0.478 e. The smallest absolute Gasteiger partial charge is 0.336 e. The van der Waals surface area contributed by atoms with Crippen LogP contribution in [0.1, 0.15) is 26.3 Å². The van der Waals surface area contributed by atoms with Crippen LogP contribution in [-0.4, -0.2) is 42.0 Å². The van der Waals surface area contributed by atoms with Gasteiger partial charge in [-0.15, -0.1) is 0 Å². The van der Waals surface area contributed by atoms with Gasteiger partial charge in [-0.2, -0.15) is 8.42 Å². The van der Waals surface area contributed by atoms with Crippen molar-refractivity contribution in [3.63, 3.8) is 0 Å². The number of furan rings is 1. The molecule has 0 saturated heterocycles. The first-order chi connectivity index (χ1) is 16.4. The van der Waals surface area contributed by atoms with Gasteiger partial charge in [-0.05, 0) is 59.7 Å². The van der Waals surface area contributed by atoms with Crippen LogP contribution < -0.4 is 11.1 Å². The lowest BCUT2D eigenvalue weighted by Crippen LogP contribution is -2.15. The number of carboxylic acid groups (broad SMARTS) is 1. The van der Waals surface area contributed by atoms with E-state index in [0.29, 0.717) is 39.8 Å². The van der Waals surface area contributed by atoms with Crippen LogP contribution in [0.5, 0.6) is 0 Å². The molecule has 0 aliphatic rings. The summed E-state index contributed by atoms with van der Waals surface area (Å²) >= 11 is 0. The molecular formula is C24H21N3O7S. The Morgan fingerprint density at radius 1 is 0.971 bits per heavy atom. The molecular weight excluding hydrogens is 474 g/mol. The highest BCUT2D eigenvalue weighted by Crippen LogP contribution is 2.32. The largest absolute Gasteiger partial charge is 0.478 e. The van der Waals surface area contributed by atoms with Crippen molar-refractivity contribution in [1.82, 2.24) is 0 Å². The molecule has 0 atom stereocenters. The lowest BCUT2D eigenvalue weighted by Gasteiger charge is -2.13. The molecule has 0 saturated carbocycles. The first-order valence-electron chi connectivity index (χ1n) is 9.96. The van der Waals surface area contributed by atoms with Gasteiger partial charge in [0.1, 0.15) is 11.4 Å². The second-order valence-electron chi connectivity index (χ2n) is 7.39. The predicted molar refractivity (Wildman–Crippen MR) is 131 cm³/mol. The number of benzene rings is 3. The third-order valence-corrected chi connectivity index (χ3v) is 4.74. The Morgan fingerprint density at radius 2 is 1.60 bits per heavy atom. The highest BCUT2D eigenvalue weighted by molar-refractivity contribution is 7.85. The van der Waals surface area contributed by atoms with Crippen molar-refractivity contribution >= 4 is 44.5 Å². The second-order valence-corrected chi connectivity index (χ2v) is 8.85. The van der Waals surface area contributed by atoms with E-state index >= 15 is 0 Å². The van der Waals surface area contributed by atoms with Crippen molar-refractivity contribution in [1.29, 1.82) is 5.41 Å². The van der Waals surface area contributed by atoms with Crippen LogP contribution in [0.25, 0.3) is 22.1 Å². The van der Waals surface area contributed by atoms with Gasteiger partial charge in [-0.3, -0.25) is 14.8 Å². The highest BCUT2D eigenvalue weighted by Gasteiger charge is 2.20. The van der Waals surface area contributed by atoms with Crippen LogP contribution in [-0.2, 0) is 10.1 Å². The number of amides is 1. The molecule has 0 fully saturated rings. The van der Waals surface area contributed by atoms with Crippen LogP contribution in [0.3, 0.4) is 0 Å². The standard InChI is InChI=1S/C23H17N3O4.CH4O3S/c24-21(25)13-5-7-15(8-6-13)26-22(27)19-11-14-9-10-30-20(14)12-18(19)16-3-1-2-4-17(16)23(28)29;1-5(2,3)4/h1-12H,(H3,24,25)(H,26,27)(H,28,29);1H3,(H,2,3,4). The monoisotopic (exact) mass is 495 g/mol. The van der Waals surface area contributed by atoms with Gasteiger partial charge in [0.05, 0.1) is 18.1 Å². The predicted octanol–water partition coefficient (Wildman–Crippen LogP) is 3.84. The van der Waals surface area contributed by atoms with E-state index in [9.17, 15) is 23.1 Å². The van der Waals surface area contributed by atoms with Gasteiger partial charge in [-0.25, -0.2) is 4.79 Å². The van der Waals surface area contributed by atoms with E-state index in [4.69, 9.17) is 20.1 Å². The molecule has 6 N–H and O–H groups in total. The maximum absolute atomic E-state index is 13.1. The van der Waals surface area contributed by atoms with E-state index in [-0.39, 0.29) is 11.4 Å². The summed E-state index contributed by atoms with van der Waals surface area (Å²) in [6.07, 6.45) is 2.23. The van der Waals surface area contributed by atoms with Crippen molar-refractivity contribution in [2.24, 2.45) is 5.73 Å². The number of hydrogen-bond acceptors (Lipinski definition) is 6. The fourth-order valence-electron chi connectivity index (χ4n) is 3.26. The summed E-state index contributed by atoms with van der Waals surface area (Å²) in [6.45, 7) is 0. The van der Waals surface area contributed by atoms with Crippen molar-refractivity contribution in [3.8, 4) is 11.1 Å². The summed E-state index contributed by atoms with van der Waals surface area (Å²) in [6, 6.07) is 18.2. The maximum Gasteiger partial charge on any atom is 0.336 e. The number of carboxylic acids is 1. The Hall–Kier alpha value is -4.48. The van der Waals surface area contributed by atoms with E-state index in [2.05, 4.69) is 5.32 Å². The zero-order valence-electron chi connectivity index (χ0n) is 18.3. The van der Waals surface area contributed by atoms with Gasteiger partial charge < -0.3 is 20.6 Å². The van der Waals surface area contributed by atoms with Gasteiger partial charge in [-0.1, -0.05) is 18.2 Å². The quantitative estimate of drug-likeness (QED) is 0.157. The zero-order valence-corrected chi connectivity index (χ0v) is 19.2. The molecule has 0 bridgehead atoms. The molecule has 3 aromatic carbocycles.